The van der Waals surface area contributed by atoms with E-state index in [1.54, 1.807) is 12.4 Å². The van der Waals surface area contributed by atoms with E-state index in [1.807, 2.05) is 35.2 Å². The van der Waals surface area contributed by atoms with Gasteiger partial charge in [0.25, 0.3) is 5.91 Å². The molecule has 1 aliphatic carbocycles. The number of benzene rings is 1. The van der Waals surface area contributed by atoms with Crippen LogP contribution in [0.5, 0.6) is 5.75 Å². The number of aromatic nitrogens is 1. The first kappa shape index (κ1) is 18.0. The molecule has 1 fully saturated rings. The smallest absolute Gasteiger partial charge is 0.260 e. The summed E-state index contributed by atoms with van der Waals surface area (Å²) in [5, 5.41) is 1.13. The molecule has 6 nitrogen and oxygen atoms in total. The monoisotopic (exact) mass is 391 g/mol. The number of hydrogen-bond acceptors (Lipinski definition) is 5. The topological polar surface area (TPSA) is 58.8 Å². The molecule has 150 valence electrons. The van der Waals surface area contributed by atoms with Crippen molar-refractivity contribution in [1.29, 1.82) is 0 Å². The lowest BCUT2D eigenvalue weighted by atomic mass is 9.96. The SMILES string of the molecule is O=C(COc1ccc2oc3c(c2c1)CCCC3)N1CCN(c2ccncc2)CC1. The number of anilines is 1. The van der Waals surface area contributed by atoms with Gasteiger partial charge < -0.3 is 19.0 Å². The van der Waals surface area contributed by atoms with E-state index in [0.717, 1.165) is 54.1 Å². The summed E-state index contributed by atoms with van der Waals surface area (Å²) in [5.74, 6) is 1.88. The first-order valence-electron chi connectivity index (χ1n) is 10.4. The summed E-state index contributed by atoms with van der Waals surface area (Å²) in [6, 6.07) is 9.89. The standard InChI is InChI=1S/C23H25N3O3/c27-23(26-13-11-25(12-14-26)17-7-9-24-10-8-17)16-28-18-5-6-22-20(15-18)19-3-1-2-4-21(19)29-22/h5-10,15H,1-4,11-14,16H2. The van der Waals surface area contributed by atoms with Crippen molar-refractivity contribution in [2.45, 2.75) is 25.7 Å². The van der Waals surface area contributed by atoms with Crippen molar-refractivity contribution in [1.82, 2.24) is 9.88 Å². The van der Waals surface area contributed by atoms with E-state index in [0.29, 0.717) is 13.1 Å². The van der Waals surface area contributed by atoms with E-state index >= 15 is 0 Å². The Hall–Kier alpha value is -3.02. The van der Waals surface area contributed by atoms with Gasteiger partial charge in [-0.05, 0) is 49.6 Å². The molecule has 6 heteroatoms. The summed E-state index contributed by atoms with van der Waals surface area (Å²) in [6.07, 6.45) is 8.08. The van der Waals surface area contributed by atoms with Crippen LogP contribution < -0.4 is 9.64 Å². The normalized spacial score (nSPS) is 16.7. The van der Waals surface area contributed by atoms with Crippen LogP contribution in [0.15, 0.2) is 47.1 Å². The molecule has 0 radical (unpaired) electrons. The van der Waals surface area contributed by atoms with Crippen LogP contribution in [-0.4, -0.2) is 48.6 Å². The third-order valence-corrected chi connectivity index (χ3v) is 5.95. The van der Waals surface area contributed by atoms with Gasteiger partial charge in [0, 0.05) is 61.6 Å². The number of nitrogens with zero attached hydrogens (tertiary/aromatic N) is 3. The number of rotatable bonds is 4. The number of piperazine rings is 1. The van der Waals surface area contributed by atoms with Gasteiger partial charge in [-0.25, -0.2) is 0 Å². The molecule has 0 unspecified atom stereocenters. The number of hydrogen-bond donors (Lipinski definition) is 0. The second-order valence-corrected chi connectivity index (χ2v) is 7.73. The molecule has 3 heterocycles. The molecule has 5 rings (SSSR count). The Morgan fingerprint density at radius 3 is 2.66 bits per heavy atom. The molecule has 2 aliphatic rings. The molecular formula is C23H25N3O3. The first-order valence-corrected chi connectivity index (χ1v) is 10.4. The summed E-state index contributed by atoms with van der Waals surface area (Å²) in [6.45, 7) is 3.13. The fourth-order valence-electron chi connectivity index (χ4n) is 4.34. The van der Waals surface area contributed by atoms with Gasteiger partial charge in [-0.2, -0.15) is 0 Å². The highest BCUT2D eigenvalue weighted by molar-refractivity contribution is 5.84. The van der Waals surface area contributed by atoms with Crippen LogP contribution in [0.25, 0.3) is 11.0 Å². The zero-order chi connectivity index (χ0) is 19.6. The van der Waals surface area contributed by atoms with Crippen LogP contribution in [0.1, 0.15) is 24.2 Å². The molecule has 1 aromatic carbocycles. The average molecular weight is 391 g/mol. The Kier molecular flexibility index (Phi) is 4.84. The number of carbonyl (C=O) groups excluding carboxylic acids is 1. The van der Waals surface area contributed by atoms with Crippen molar-refractivity contribution in [2.75, 3.05) is 37.7 Å². The molecule has 1 saturated heterocycles. The van der Waals surface area contributed by atoms with Crippen molar-refractivity contribution in [3.8, 4) is 5.75 Å². The predicted octanol–water partition coefficient (Wildman–Crippen LogP) is 3.43. The number of furan rings is 1. The highest BCUT2D eigenvalue weighted by Crippen LogP contribution is 2.34. The molecule has 0 atom stereocenters. The molecule has 3 aromatic rings. The Bertz CT molecular complexity index is 1010. The first-order chi connectivity index (χ1) is 14.3. The zero-order valence-electron chi connectivity index (χ0n) is 16.5. The molecule has 1 amide bonds. The second kappa shape index (κ2) is 7.78. The molecule has 0 bridgehead atoms. The van der Waals surface area contributed by atoms with Crippen LogP contribution in [0, 0.1) is 0 Å². The fourth-order valence-corrected chi connectivity index (χ4v) is 4.34. The lowest BCUT2D eigenvalue weighted by Crippen LogP contribution is -2.50. The number of fused-ring (bicyclic) bond motifs is 3. The van der Waals surface area contributed by atoms with Crippen molar-refractivity contribution in [2.24, 2.45) is 0 Å². The minimum absolute atomic E-state index is 0.0358. The molecule has 0 saturated carbocycles. The Morgan fingerprint density at radius 1 is 1.03 bits per heavy atom. The number of aryl methyl sites for hydroxylation is 2. The zero-order valence-corrected chi connectivity index (χ0v) is 16.5. The van der Waals surface area contributed by atoms with Crippen molar-refractivity contribution in [3.63, 3.8) is 0 Å². The summed E-state index contributed by atoms with van der Waals surface area (Å²) in [4.78, 5) is 20.8. The largest absolute Gasteiger partial charge is 0.484 e. The molecule has 1 aliphatic heterocycles. The van der Waals surface area contributed by atoms with Crippen molar-refractivity contribution >= 4 is 22.6 Å². The van der Waals surface area contributed by atoms with Crippen LogP contribution in [0.4, 0.5) is 5.69 Å². The minimum Gasteiger partial charge on any atom is -0.484 e. The maximum Gasteiger partial charge on any atom is 0.260 e. The lowest BCUT2D eigenvalue weighted by Gasteiger charge is -2.36. The average Bonchev–Trinajstić information content (AvgIpc) is 3.16. The van der Waals surface area contributed by atoms with Crippen molar-refractivity contribution in [3.05, 3.63) is 54.0 Å². The number of pyridine rings is 1. The highest BCUT2D eigenvalue weighted by atomic mass is 16.5. The van der Waals surface area contributed by atoms with Gasteiger partial charge in [-0.15, -0.1) is 0 Å². The summed E-state index contributed by atoms with van der Waals surface area (Å²) >= 11 is 0. The van der Waals surface area contributed by atoms with Gasteiger partial charge in [0.05, 0.1) is 0 Å². The third-order valence-electron chi connectivity index (χ3n) is 5.95. The number of amides is 1. The molecular weight excluding hydrogens is 366 g/mol. The van der Waals surface area contributed by atoms with E-state index in [4.69, 9.17) is 9.15 Å². The van der Waals surface area contributed by atoms with Gasteiger partial charge in [0.15, 0.2) is 6.61 Å². The Morgan fingerprint density at radius 2 is 1.83 bits per heavy atom. The summed E-state index contributed by atoms with van der Waals surface area (Å²) in [7, 11) is 0. The number of carbonyl (C=O) groups is 1. The van der Waals surface area contributed by atoms with Crippen LogP contribution in [0.2, 0.25) is 0 Å². The van der Waals surface area contributed by atoms with E-state index in [9.17, 15) is 4.79 Å². The van der Waals surface area contributed by atoms with Crippen LogP contribution in [0.3, 0.4) is 0 Å². The Labute approximate surface area is 170 Å². The molecule has 29 heavy (non-hydrogen) atoms. The summed E-state index contributed by atoms with van der Waals surface area (Å²) in [5.41, 5.74) is 3.39. The van der Waals surface area contributed by atoms with Gasteiger partial charge >= 0.3 is 0 Å². The fraction of sp³-hybridized carbons (Fsp3) is 0.391. The lowest BCUT2D eigenvalue weighted by molar-refractivity contribution is -0.133. The van der Waals surface area contributed by atoms with E-state index in [2.05, 4.69) is 9.88 Å². The molecule has 2 aromatic heterocycles. The van der Waals surface area contributed by atoms with Gasteiger partial charge in [-0.1, -0.05) is 0 Å². The molecule has 0 N–H and O–H groups in total. The second-order valence-electron chi connectivity index (χ2n) is 7.73. The third kappa shape index (κ3) is 3.67. The van der Waals surface area contributed by atoms with Gasteiger partial charge in [-0.3, -0.25) is 9.78 Å². The quantitative estimate of drug-likeness (QED) is 0.682. The van der Waals surface area contributed by atoms with E-state index < -0.39 is 0 Å². The molecule has 0 spiro atoms. The van der Waals surface area contributed by atoms with Crippen LogP contribution >= 0.6 is 0 Å². The van der Waals surface area contributed by atoms with Crippen LogP contribution in [-0.2, 0) is 17.6 Å². The number of ether oxygens (including phenoxy) is 1. The highest BCUT2D eigenvalue weighted by Gasteiger charge is 2.22. The van der Waals surface area contributed by atoms with E-state index in [1.165, 1.54) is 18.4 Å². The van der Waals surface area contributed by atoms with Crippen molar-refractivity contribution < 1.29 is 13.9 Å². The maximum atomic E-state index is 12.6. The predicted molar refractivity (Wildman–Crippen MR) is 111 cm³/mol. The maximum absolute atomic E-state index is 12.6. The summed E-state index contributed by atoms with van der Waals surface area (Å²) < 4.78 is 11.8. The van der Waals surface area contributed by atoms with Gasteiger partial charge in [0.1, 0.15) is 17.1 Å². The minimum atomic E-state index is 0.0358. The Balaban J connectivity index is 1.19. The van der Waals surface area contributed by atoms with E-state index in [-0.39, 0.29) is 12.5 Å². The van der Waals surface area contributed by atoms with Gasteiger partial charge in [0.2, 0.25) is 0 Å².